The predicted molar refractivity (Wildman–Crippen MR) is 269 cm³/mol. The zero-order valence-electron chi connectivity index (χ0n) is 40.6. The lowest BCUT2D eigenvalue weighted by molar-refractivity contribution is 0.0683. The van der Waals surface area contributed by atoms with E-state index in [1.165, 1.54) is 24.7 Å². The third kappa shape index (κ3) is 9.80. The van der Waals surface area contributed by atoms with Crippen molar-refractivity contribution < 1.29 is 47.6 Å². The van der Waals surface area contributed by atoms with E-state index in [9.17, 15) is 52.2 Å². The SMILES string of the molecule is CC1COc2c(N3CCN(C)CC3)c(F)cc3c(=O)c(C(=O)O)cn1c23.CCn1cc(C(=O)O)c(=O)c2cc(F)c(N3CCNCC3)cc21.O=C(O)c1cn(C2CC2)c2cc(N3CCNCC3)c(F)cc2c1=O. The van der Waals surface area contributed by atoms with Crippen molar-refractivity contribution in [3.8, 4) is 5.75 Å². The van der Waals surface area contributed by atoms with Gasteiger partial charge in [0.15, 0.2) is 11.6 Å². The molecule has 5 N–H and O–H groups in total. The van der Waals surface area contributed by atoms with Crippen LogP contribution >= 0.6 is 0 Å². The highest BCUT2D eigenvalue weighted by atomic mass is 19.1. The molecule has 73 heavy (non-hydrogen) atoms. The van der Waals surface area contributed by atoms with E-state index >= 15 is 0 Å². The molecule has 4 fully saturated rings. The fraction of sp³-hybridized carbons (Fsp3) is 0.412. The van der Waals surface area contributed by atoms with Crippen LogP contribution in [0.1, 0.15) is 69.8 Å². The highest BCUT2D eigenvalue weighted by Crippen LogP contribution is 2.42. The van der Waals surface area contributed by atoms with Crippen LogP contribution < -0.4 is 46.4 Å². The largest absolute Gasteiger partial charge is 0.487 e. The first-order valence-corrected chi connectivity index (χ1v) is 24.3. The van der Waals surface area contributed by atoms with Crippen molar-refractivity contribution in [1.82, 2.24) is 29.2 Å². The molecule has 1 unspecified atom stereocenters. The summed E-state index contributed by atoms with van der Waals surface area (Å²) >= 11 is 0. The van der Waals surface area contributed by atoms with E-state index in [1.807, 2.05) is 40.2 Å². The van der Waals surface area contributed by atoms with E-state index in [4.69, 9.17) is 9.84 Å². The summed E-state index contributed by atoms with van der Waals surface area (Å²) in [5.41, 5.74) is -0.0526. The molecule has 11 rings (SSSR count). The number of hydrogen-bond acceptors (Lipinski definition) is 13. The van der Waals surface area contributed by atoms with Crippen LogP contribution in [-0.2, 0) is 6.54 Å². The third-order valence-electron chi connectivity index (χ3n) is 14.1. The molecular weight excluding hydrogens is 956 g/mol. The zero-order valence-corrected chi connectivity index (χ0v) is 40.6. The van der Waals surface area contributed by atoms with Crippen molar-refractivity contribution in [3.63, 3.8) is 0 Å². The van der Waals surface area contributed by atoms with Crippen molar-refractivity contribution >= 4 is 67.7 Å². The predicted octanol–water partition coefficient (Wildman–Crippen LogP) is 4.40. The number of rotatable bonds is 8. The summed E-state index contributed by atoms with van der Waals surface area (Å²) in [5, 5.41) is 34.4. The molecule has 3 saturated heterocycles. The van der Waals surface area contributed by atoms with Crippen molar-refractivity contribution in [2.24, 2.45) is 0 Å². The molecule has 4 aliphatic heterocycles. The first kappa shape index (κ1) is 50.5. The standard InChI is InChI=1S/C18H20FN3O4.C17H18FN3O3.C16H18FN3O3/c1-10-9-26-17-14-11(16(23)12(18(24)25)8-22(10)14)7-13(19)15(17)21-5-3-20(2)4-6-21;18-13-7-11-14(8-15(13)20-5-3-19-4-6-20)21(10-1-2-10)9-12(16(11)22)17(23)24;1-2-19-9-11(16(22)23)15(21)10-7-12(17)14(8-13(10)19)20-5-3-18-4-6-20/h7-8,10H,3-6,9H2,1-2H3,(H,24,25);7-10,19H,1-6H2,(H,23,24);7-9,18H,2-6H2,1H3,(H,22,23). The van der Waals surface area contributed by atoms with Crippen LogP contribution in [0.3, 0.4) is 0 Å². The van der Waals surface area contributed by atoms with E-state index in [2.05, 4.69) is 15.5 Å². The number of halogens is 3. The number of aromatic carboxylic acids is 3. The Labute approximate surface area is 415 Å². The molecule has 1 atom stereocenters. The molecule has 6 aromatic rings. The van der Waals surface area contributed by atoms with E-state index in [-0.39, 0.29) is 51.5 Å². The number of carbonyl (C=O) groups is 3. The zero-order chi connectivity index (χ0) is 52.0. The summed E-state index contributed by atoms with van der Waals surface area (Å²) in [6.07, 6.45) is 5.96. The van der Waals surface area contributed by atoms with Gasteiger partial charge in [-0.25, -0.2) is 27.6 Å². The van der Waals surface area contributed by atoms with Gasteiger partial charge >= 0.3 is 17.9 Å². The summed E-state index contributed by atoms with van der Waals surface area (Å²) in [6, 6.07) is 6.88. The molecule has 1 aliphatic carbocycles. The Kier molecular flexibility index (Phi) is 14.2. The lowest BCUT2D eigenvalue weighted by Crippen LogP contribution is -2.45. The summed E-state index contributed by atoms with van der Waals surface area (Å²) in [7, 11) is 2.02. The minimum atomic E-state index is -1.32. The van der Waals surface area contributed by atoms with Gasteiger partial charge in [-0.05, 0) is 64.1 Å². The molecular formula is C51H56F3N9O10. The Morgan fingerprint density at radius 2 is 1.08 bits per heavy atom. The minimum absolute atomic E-state index is 0.0434. The normalized spacial score (nSPS) is 17.9. The van der Waals surface area contributed by atoms with Crippen LogP contribution in [0.5, 0.6) is 5.75 Å². The number of nitrogens with one attached hydrogen (secondary N) is 2. The second-order valence-corrected chi connectivity index (χ2v) is 18.9. The van der Waals surface area contributed by atoms with Crippen LogP contribution in [0.4, 0.5) is 30.2 Å². The number of likely N-dealkylation sites (N-methyl/N-ethyl adjacent to an activating group) is 1. The lowest BCUT2D eigenvalue weighted by Gasteiger charge is -2.37. The van der Waals surface area contributed by atoms with E-state index in [0.717, 1.165) is 64.2 Å². The van der Waals surface area contributed by atoms with Gasteiger partial charge in [0.05, 0.1) is 39.4 Å². The van der Waals surface area contributed by atoms with E-state index < -0.39 is 51.6 Å². The number of carboxylic acid groups (broad SMARTS) is 3. The summed E-state index contributed by atoms with van der Waals surface area (Å²) in [4.78, 5) is 79.2. The smallest absolute Gasteiger partial charge is 0.341 e. The van der Waals surface area contributed by atoms with Crippen molar-refractivity contribution in [1.29, 1.82) is 0 Å². The number of hydrogen-bond donors (Lipinski definition) is 5. The summed E-state index contributed by atoms with van der Waals surface area (Å²) in [5.74, 6) is -5.10. The minimum Gasteiger partial charge on any atom is -0.487 e. The summed E-state index contributed by atoms with van der Waals surface area (Å²) < 4.78 is 55.2. The second kappa shape index (κ2) is 20.6. The Hall–Kier alpha value is -7.43. The number of aromatic nitrogens is 3. The number of benzene rings is 3. The van der Waals surface area contributed by atoms with Gasteiger partial charge in [-0.2, -0.15) is 0 Å². The van der Waals surface area contributed by atoms with Gasteiger partial charge in [0.25, 0.3) is 0 Å². The molecule has 7 heterocycles. The van der Waals surface area contributed by atoms with Crippen LogP contribution in [0.25, 0.3) is 32.7 Å². The van der Waals surface area contributed by atoms with Gasteiger partial charge in [-0.15, -0.1) is 0 Å². The molecule has 0 spiro atoms. The topological polar surface area (TPSA) is 224 Å². The second-order valence-electron chi connectivity index (χ2n) is 18.9. The number of ether oxygens (including phenoxy) is 1. The average molecular weight is 1010 g/mol. The van der Waals surface area contributed by atoms with E-state index in [0.29, 0.717) is 85.2 Å². The first-order chi connectivity index (χ1) is 35.0. The molecule has 3 aromatic carbocycles. The number of fused-ring (bicyclic) bond motifs is 2. The molecule has 22 heteroatoms. The molecule has 0 bridgehead atoms. The number of pyridine rings is 3. The maximum absolute atomic E-state index is 15.0. The van der Waals surface area contributed by atoms with Crippen molar-refractivity contribution in [3.05, 3.63) is 114 Å². The molecule has 386 valence electrons. The van der Waals surface area contributed by atoms with Crippen LogP contribution in [0, 0.1) is 17.5 Å². The Balaban J connectivity index is 0.000000135. The molecule has 1 saturated carbocycles. The van der Waals surface area contributed by atoms with E-state index in [1.54, 1.807) is 21.3 Å². The maximum atomic E-state index is 15.0. The molecule has 19 nitrogen and oxygen atoms in total. The van der Waals surface area contributed by atoms with Crippen molar-refractivity contribution in [2.45, 2.75) is 45.3 Å². The first-order valence-electron chi connectivity index (χ1n) is 24.3. The van der Waals surface area contributed by atoms with Crippen LogP contribution in [0.15, 0.2) is 63.3 Å². The molecule has 0 radical (unpaired) electrons. The van der Waals surface area contributed by atoms with Gasteiger partial charge in [0.1, 0.15) is 40.6 Å². The number of aryl methyl sites for hydroxylation is 1. The summed E-state index contributed by atoms with van der Waals surface area (Å²) in [6.45, 7) is 13.3. The van der Waals surface area contributed by atoms with Gasteiger partial charge in [0.2, 0.25) is 16.3 Å². The third-order valence-corrected chi connectivity index (χ3v) is 14.1. The molecule has 3 aromatic heterocycles. The number of carboxylic acids is 3. The van der Waals surface area contributed by atoms with Gasteiger partial charge in [-0.1, -0.05) is 0 Å². The molecule has 5 aliphatic rings. The van der Waals surface area contributed by atoms with Crippen LogP contribution in [0.2, 0.25) is 0 Å². The monoisotopic (exact) mass is 1010 g/mol. The Morgan fingerprint density at radius 1 is 0.616 bits per heavy atom. The Morgan fingerprint density at radius 3 is 1.59 bits per heavy atom. The van der Waals surface area contributed by atoms with Gasteiger partial charge in [-0.3, -0.25) is 14.4 Å². The highest BCUT2D eigenvalue weighted by Gasteiger charge is 2.32. The number of nitrogens with zero attached hydrogens (tertiary/aromatic N) is 7. The van der Waals surface area contributed by atoms with Crippen LogP contribution in [-0.4, -0.2) is 144 Å². The highest BCUT2D eigenvalue weighted by molar-refractivity contribution is 5.98. The maximum Gasteiger partial charge on any atom is 0.341 e. The molecule has 0 amide bonds. The number of piperazine rings is 3. The van der Waals surface area contributed by atoms with Gasteiger partial charge in [0, 0.05) is 120 Å². The number of anilines is 3. The fourth-order valence-corrected chi connectivity index (χ4v) is 9.96. The lowest BCUT2D eigenvalue weighted by atomic mass is 10.1. The average Bonchev–Trinajstić information content (AvgIpc) is 4.23. The van der Waals surface area contributed by atoms with Crippen molar-refractivity contribution in [2.75, 3.05) is 107 Å². The fourth-order valence-electron chi connectivity index (χ4n) is 9.96. The quantitative estimate of drug-likeness (QED) is 0.143. The Bertz CT molecular complexity index is 3370. The van der Waals surface area contributed by atoms with Gasteiger partial charge < -0.3 is 64.0 Å².